The monoisotopic (exact) mass is 182 g/mol. The maximum atomic E-state index is 2.39. The van der Waals surface area contributed by atoms with Crippen LogP contribution in [0.3, 0.4) is 0 Å². The first kappa shape index (κ1) is 12.7. The molecule has 0 spiro atoms. The van der Waals surface area contributed by atoms with E-state index in [9.17, 15) is 0 Å². The highest BCUT2D eigenvalue weighted by Crippen LogP contribution is 2.42. The quantitative estimate of drug-likeness (QED) is 0.555. The van der Waals surface area contributed by atoms with E-state index in [1.165, 1.54) is 0 Å². The van der Waals surface area contributed by atoms with E-state index in [4.69, 9.17) is 0 Å². The van der Waals surface area contributed by atoms with Gasteiger partial charge in [0.05, 0.1) is 0 Å². The molecule has 0 unspecified atom stereocenters. The molecule has 0 amide bonds. The van der Waals surface area contributed by atoms with Crippen molar-refractivity contribution in [3.8, 4) is 0 Å². The van der Waals surface area contributed by atoms with Gasteiger partial charge in [0, 0.05) is 0 Å². The molecule has 0 atom stereocenters. The fourth-order valence-electron chi connectivity index (χ4n) is 2.10. The standard InChI is InChI=1S/C13H26/c1-8-9-12(6)13(7,10(2)3)11(4)5/h9-11H,8H2,1-7H3/b12-9-. The molecular formula is C13H26. The second-order valence-corrected chi connectivity index (χ2v) is 4.89. The van der Waals surface area contributed by atoms with Gasteiger partial charge in [0.2, 0.25) is 0 Å². The lowest BCUT2D eigenvalue weighted by molar-refractivity contribution is 0.188. The van der Waals surface area contributed by atoms with Crippen LogP contribution in [-0.4, -0.2) is 0 Å². The molecule has 0 radical (unpaired) electrons. The topological polar surface area (TPSA) is 0 Å². The summed E-state index contributed by atoms with van der Waals surface area (Å²) in [5, 5.41) is 0. The zero-order valence-corrected chi connectivity index (χ0v) is 10.4. The van der Waals surface area contributed by atoms with Gasteiger partial charge < -0.3 is 0 Å². The zero-order valence-electron chi connectivity index (χ0n) is 10.4. The highest BCUT2D eigenvalue weighted by Gasteiger charge is 2.33. The van der Waals surface area contributed by atoms with Crippen LogP contribution in [0.25, 0.3) is 0 Å². The first-order valence-electron chi connectivity index (χ1n) is 5.54. The van der Waals surface area contributed by atoms with Crippen molar-refractivity contribution >= 4 is 0 Å². The van der Waals surface area contributed by atoms with Crippen LogP contribution in [0.2, 0.25) is 0 Å². The molecule has 0 fully saturated rings. The molecule has 0 heterocycles. The maximum Gasteiger partial charge on any atom is -0.00732 e. The Morgan fingerprint density at radius 2 is 1.54 bits per heavy atom. The van der Waals surface area contributed by atoms with Gasteiger partial charge in [0.15, 0.2) is 0 Å². The van der Waals surface area contributed by atoms with Crippen LogP contribution in [0, 0.1) is 17.3 Å². The molecular weight excluding hydrogens is 156 g/mol. The smallest absolute Gasteiger partial charge is 0.00732 e. The van der Waals surface area contributed by atoms with Crippen molar-refractivity contribution in [2.75, 3.05) is 0 Å². The fourth-order valence-corrected chi connectivity index (χ4v) is 2.10. The molecule has 0 heteroatoms. The Kier molecular flexibility index (Phi) is 4.74. The average molecular weight is 182 g/mol. The van der Waals surface area contributed by atoms with Crippen molar-refractivity contribution in [2.24, 2.45) is 17.3 Å². The Bertz CT molecular complexity index is 164. The van der Waals surface area contributed by atoms with Gasteiger partial charge in [-0.3, -0.25) is 0 Å². The molecule has 0 saturated carbocycles. The largest absolute Gasteiger partial charge is 0.0853 e. The summed E-state index contributed by atoms with van der Waals surface area (Å²) in [5.74, 6) is 1.44. The van der Waals surface area contributed by atoms with Crippen LogP contribution >= 0.6 is 0 Å². The molecule has 0 aromatic heterocycles. The van der Waals surface area contributed by atoms with Crippen molar-refractivity contribution < 1.29 is 0 Å². The van der Waals surface area contributed by atoms with Crippen LogP contribution < -0.4 is 0 Å². The van der Waals surface area contributed by atoms with Gasteiger partial charge >= 0.3 is 0 Å². The Labute approximate surface area is 84.4 Å². The van der Waals surface area contributed by atoms with Crippen molar-refractivity contribution in [3.05, 3.63) is 11.6 Å². The molecule has 0 rings (SSSR count). The summed E-state index contributed by atoms with van der Waals surface area (Å²) in [6.07, 6.45) is 3.53. The highest BCUT2D eigenvalue weighted by atomic mass is 14.4. The first-order valence-corrected chi connectivity index (χ1v) is 5.54. The average Bonchev–Trinajstić information content (AvgIpc) is 2.02. The predicted molar refractivity (Wildman–Crippen MR) is 61.8 cm³/mol. The minimum Gasteiger partial charge on any atom is -0.0853 e. The Morgan fingerprint density at radius 3 is 1.77 bits per heavy atom. The third-order valence-corrected chi connectivity index (χ3v) is 3.76. The lowest BCUT2D eigenvalue weighted by atomic mass is 9.66. The zero-order chi connectivity index (χ0) is 10.6. The van der Waals surface area contributed by atoms with Crippen LogP contribution in [0.5, 0.6) is 0 Å². The van der Waals surface area contributed by atoms with E-state index >= 15 is 0 Å². The summed E-state index contributed by atoms with van der Waals surface area (Å²) >= 11 is 0. The second-order valence-electron chi connectivity index (χ2n) is 4.89. The summed E-state index contributed by atoms with van der Waals surface area (Å²) in [6.45, 7) is 16.2. The SMILES string of the molecule is CC/C=C(/C)C(C)(C(C)C)C(C)C. The van der Waals surface area contributed by atoms with Gasteiger partial charge in [0.25, 0.3) is 0 Å². The van der Waals surface area contributed by atoms with Gasteiger partial charge in [-0.25, -0.2) is 0 Å². The number of hydrogen-bond donors (Lipinski definition) is 0. The van der Waals surface area contributed by atoms with Gasteiger partial charge in [0.1, 0.15) is 0 Å². The molecule has 0 N–H and O–H groups in total. The number of hydrogen-bond acceptors (Lipinski definition) is 0. The Morgan fingerprint density at radius 1 is 1.15 bits per heavy atom. The normalized spacial score (nSPS) is 14.4. The molecule has 78 valence electrons. The van der Waals surface area contributed by atoms with E-state index in [1.54, 1.807) is 5.57 Å². The fraction of sp³-hybridized carbons (Fsp3) is 0.846. The highest BCUT2D eigenvalue weighted by molar-refractivity contribution is 5.12. The van der Waals surface area contributed by atoms with Gasteiger partial charge in [-0.05, 0) is 30.6 Å². The maximum absolute atomic E-state index is 2.39. The van der Waals surface area contributed by atoms with Gasteiger partial charge in [-0.2, -0.15) is 0 Å². The number of rotatable bonds is 4. The van der Waals surface area contributed by atoms with Crippen LogP contribution in [-0.2, 0) is 0 Å². The summed E-state index contributed by atoms with van der Waals surface area (Å²) in [7, 11) is 0. The molecule has 0 saturated heterocycles. The molecule has 0 aromatic carbocycles. The third kappa shape index (κ3) is 2.59. The van der Waals surface area contributed by atoms with E-state index in [-0.39, 0.29) is 0 Å². The minimum atomic E-state index is 0.371. The molecule has 13 heavy (non-hydrogen) atoms. The lowest BCUT2D eigenvalue weighted by Gasteiger charge is -2.39. The van der Waals surface area contributed by atoms with Crippen molar-refractivity contribution in [1.82, 2.24) is 0 Å². The molecule has 0 aromatic rings. The van der Waals surface area contributed by atoms with Crippen molar-refractivity contribution in [3.63, 3.8) is 0 Å². The van der Waals surface area contributed by atoms with Crippen LogP contribution in [0.4, 0.5) is 0 Å². The molecule has 0 nitrogen and oxygen atoms in total. The van der Waals surface area contributed by atoms with E-state index in [0.717, 1.165) is 18.3 Å². The van der Waals surface area contributed by atoms with Gasteiger partial charge in [-0.15, -0.1) is 0 Å². The third-order valence-electron chi connectivity index (χ3n) is 3.76. The Hall–Kier alpha value is -0.260. The second kappa shape index (κ2) is 4.83. The summed E-state index contributed by atoms with van der Waals surface area (Å²) in [5.41, 5.74) is 1.93. The van der Waals surface area contributed by atoms with Crippen molar-refractivity contribution in [2.45, 2.75) is 54.9 Å². The van der Waals surface area contributed by atoms with E-state index in [2.05, 4.69) is 54.5 Å². The predicted octanol–water partition coefficient (Wildman–Crippen LogP) is 4.66. The summed E-state index contributed by atoms with van der Waals surface area (Å²) < 4.78 is 0. The molecule has 0 bridgehead atoms. The van der Waals surface area contributed by atoms with E-state index in [1.807, 2.05) is 0 Å². The van der Waals surface area contributed by atoms with Gasteiger partial charge in [-0.1, -0.05) is 53.2 Å². The van der Waals surface area contributed by atoms with E-state index < -0.39 is 0 Å². The summed E-state index contributed by atoms with van der Waals surface area (Å²) in [6, 6.07) is 0. The molecule has 0 aliphatic carbocycles. The molecule has 0 aliphatic heterocycles. The van der Waals surface area contributed by atoms with E-state index in [0.29, 0.717) is 5.41 Å². The minimum absolute atomic E-state index is 0.371. The first-order chi connectivity index (χ1) is 5.87. The van der Waals surface area contributed by atoms with Crippen LogP contribution in [0.1, 0.15) is 54.9 Å². The lowest BCUT2D eigenvalue weighted by Crippen LogP contribution is -2.30. The molecule has 0 aliphatic rings. The summed E-state index contributed by atoms with van der Waals surface area (Å²) in [4.78, 5) is 0. The number of allylic oxidation sites excluding steroid dienone is 2. The van der Waals surface area contributed by atoms with Crippen LogP contribution in [0.15, 0.2) is 11.6 Å². The Balaban J connectivity index is 4.90. The van der Waals surface area contributed by atoms with Crippen molar-refractivity contribution in [1.29, 1.82) is 0 Å².